The maximum atomic E-state index is 12.0. The molecular formula is C15H25NO3S. The summed E-state index contributed by atoms with van der Waals surface area (Å²) >= 11 is 0. The maximum absolute atomic E-state index is 12.0. The number of nitrogens with one attached hydrogen (secondary N) is 1. The number of anilines is 1. The summed E-state index contributed by atoms with van der Waals surface area (Å²) in [5.41, 5.74) is 1.53. The van der Waals surface area contributed by atoms with Gasteiger partial charge in [0.05, 0.1) is 18.6 Å². The number of ether oxygens (including phenoxy) is 1. The van der Waals surface area contributed by atoms with Crippen molar-refractivity contribution in [2.24, 2.45) is 0 Å². The number of hydrogen-bond donors (Lipinski definition) is 1. The van der Waals surface area contributed by atoms with Crippen molar-refractivity contribution in [3.63, 3.8) is 0 Å². The SMILES string of the molecule is CCCCS(=O)(=O)Nc1cc(C(C)(C)C)ccc1OC. The Morgan fingerprint density at radius 1 is 1.25 bits per heavy atom. The van der Waals surface area contributed by atoms with Crippen LogP contribution in [0.2, 0.25) is 0 Å². The van der Waals surface area contributed by atoms with Gasteiger partial charge in [0, 0.05) is 0 Å². The summed E-state index contributed by atoms with van der Waals surface area (Å²) < 4.78 is 31.9. The van der Waals surface area contributed by atoms with E-state index < -0.39 is 10.0 Å². The van der Waals surface area contributed by atoms with Gasteiger partial charge in [0.1, 0.15) is 5.75 Å². The van der Waals surface area contributed by atoms with Crippen LogP contribution in [0.25, 0.3) is 0 Å². The third-order valence-corrected chi connectivity index (χ3v) is 4.45. The lowest BCUT2D eigenvalue weighted by Crippen LogP contribution is -2.18. The largest absolute Gasteiger partial charge is 0.495 e. The first-order valence-electron chi connectivity index (χ1n) is 6.88. The Morgan fingerprint density at radius 3 is 2.40 bits per heavy atom. The maximum Gasteiger partial charge on any atom is 0.232 e. The Morgan fingerprint density at radius 2 is 1.90 bits per heavy atom. The van der Waals surface area contributed by atoms with Crippen molar-refractivity contribution in [3.8, 4) is 5.75 Å². The van der Waals surface area contributed by atoms with Crippen LogP contribution in [0.15, 0.2) is 18.2 Å². The zero-order chi connectivity index (χ0) is 15.4. The molecule has 0 aliphatic carbocycles. The lowest BCUT2D eigenvalue weighted by molar-refractivity contribution is 0.416. The number of rotatable bonds is 6. The fourth-order valence-electron chi connectivity index (χ4n) is 1.81. The molecule has 0 spiro atoms. The minimum Gasteiger partial charge on any atom is -0.495 e. The van der Waals surface area contributed by atoms with Gasteiger partial charge in [0.25, 0.3) is 0 Å². The summed E-state index contributed by atoms with van der Waals surface area (Å²) in [4.78, 5) is 0. The minimum absolute atomic E-state index is 0.0458. The van der Waals surface area contributed by atoms with E-state index in [4.69, 9.17) is 4.74 Å². The Balaban J connectivity index is 3.09. The molecule has 0 amide bonds. The second-order valence-electron chi connectivity index (χ2n) is 5.94. The van der Waals surface area contributed by atoms with Gasteiger partial charge in [0.2, 0.25) is 10.0 Å². The molecule has 4 nitrogen and oxygen atoms in total. The Labute approximate surface area is 122 Å². The molecule has 0 fully saturated rings. The number of benzene rings is 1. The fraction of sp³-hybridized carbons (Fsp3) is 0.600. The van der Waals surface area contributed by atoms with E-state index >= 15 is 0 Å². The molecule has 1 aromatic carbocycles. The van der Waals surface area contributed by atoms with Crippen molar-refractivity contribution >= 4 is 15.7 Å². The van der Waals surface area contributed by atoms with E-state index in [1.54, 1.807) is 6.07 Å². The van der Waals surface area contributed by atoms with E-state index in [1.165, 1.54) is 7.11 Å². The topological polar surface area (TPSA) is 55.4 Å². The zero-order valence-corrected chi connectivity index (χ0v) is 13.8. The molecule has 0 saturated carbocycles. The summed E-state index contributed by atoms with van der Waals surface area (Å²) in [6.07, 6.45) is 1.50. The monoisotopic (exact) mass is 299 g/mol. The number of hydrogen-bond acceptors (Lipinski definition) is 3. The van der Waals surface area contributed by atoms with E-state index in [9.17, 15) is 8.42 Å². The van der Waals surface area contributed by atoms with Gasteiger partial charge in [-0.15, -0.1) is 0 Å². The zero-order valence-electron chi connectivity index (χ0n) is 13.0. The molecule has 0 unspecified atom stereocenters. The Hall–Kier alpha value is -1.23. The molecule has 0 atom stereocenters. The van der Waals surface area contributed by atoms with Crippen molar-refractivity contribution in [1.29, 1.82) is 0 Å². The quantitative estimate of drug-likeness (QED) is 0.874. The molecule has 1 N–H and O–H groups in total. The molecule has 20 heavy (non-hydrogen) atoms. The van der Waals surface area contributed by atoms with E-state index in [2.05, 4.69) is 25.5 Å². The fourth-order valence-corrected chi connectivity index (χ4v) is 3.07. The number of methoxy groups -OCH3 is 1. The Bertz CT molecular complexity index is 545. The smallest absolute Gasteiger partial charge is 0.232 e. The Kier molecular flexibility index (Phi) is 5.45. The molecule has 0 aliphatic rings. The van der Waals surface area contributed by atoms with Crippen LogP contribution in [0, 0.1) is 0 Å². The molecule has 0 saturated heterocycles. The first-order chi connectivity index (χ1) is 9.19. The van der Waals surface area contributed by atoms with Gasteiger partial charge in [-0.25, -0.2) is 8.42 Å². The van der Waals surface area contributed by atoms with Crippen LogP contribution in [-0.4, -0.2) is 21.3 Å². The summed E-state index contributed by atoms with van der Waals surface area (Å²) in [6, 6.07) is 5.61. The van der Waals surface area contributed by atoms with Gasteiger partial charge in [-0.3, -0.25) is 4.72 Å². The predicted molar refractivity (Wildman–Crippen MR) is 84.0 cm³/mol. The van der Waals surface area contributed by atoms with Crippen LogP contribution in [0.1, 0.15) is 46.1 Å². The average Bonchev–Trinajstić information content (AvgIpc) is 2.35. The van der Waals surface area contributed by atoms with Crippen molar-refractivity contribution in [2.45, 2.75) is 46.0 Å². The molecule has 114 valence electrons. The highest BCUT2D eigenvalue weighted by Gasteiger charge is 2.18. The average molecular weight is 299 g/mol. The molecule has 0 bridgehead atoms. The lowest BCUT2D eigenvalue weighted by Gasteiger charge is -2.21. The highest BCUT2D eigenvalue weighted by molar-refractivity contribution is 7.92. The van der Waals surface area contributed by atoms with E-state index in [0.29, 0.717) is 17.9 Å². The van der Waals surface area contributed by atoms with Gasteiger partial charge in [-0.1, -0.05) is 40.2 Å². The normalized spacial score (nSPS) is 12.2. The van der Waals surface area contributed by atoms with Crippen molar-refractivity contribution in [1.82, 2.24) is 0 Å². The molecule has 0 radical (unpaired) electrons. The van der Waals surface area contributed by atoms with Gasteiger partial charge < -0.3 is 4.74 Å². The third kappa shape index (κ3) is 4.71. The number of sulfonamides is 1. The molecule has 1 rings (SSSR count). The molecule has 5 heteroatoms. The minimum atomic E-state index is -3.32. The van der Waals surface area contributed by atoms with Gasteiger partial charge in [-0.2, -0.15) is 0 Å². The lowest BCUT2D eigenvalue weighted by atomic mass is 9.87. The van der Waals surface area contributed by atoms with Crippen molar-refractivity contribution in [2.75, 3.05) is 17.6 Å². The second-order valence-corrected chi connectivity index (χ2v) is 7.78. The highest BCUT2D eigenvalue weighted by atomic mass is 32.2. The van der Waals surface area contributed by atoms with Crippen LogP contribution in [0.5, 0.6) is 5.75 Å². The molecule has 0 aromatic heterocycles. The number of unbranched alkanes of at least 4 members (excludes halogenated alkanes) is 1. The highest BCUT2D eigenvalue weighted by Crippen LogP contribution is 2.32. The van der Waals surface area contributed by atoms with Crippen molar-refractivity contribution in [3.05, 3.63) is 23.8 Å². The summed E-state index contributed by atoms with van der Waals surface area (Å²) in [5.74, 6) is 0.671. The summed E-state index contributed by atoms with van der Waals surface area (Å²) in [5, 5.41) is 0. The van der Waals surface area contributed by atoms with E-state index in [-0.39, 0.29) is 11.2 Å². The standard InChI is InChI=1S/C15H25NO3S/c1-6-7-10-20(17,18)16-13-11-12(15(2,3)4)8-9-14(13)19-5/h8-9,11,16H,6-7,10H2,1-5H3. The first-order valence-corrected chi connectivity index (χ1v) is 8.54. The van der Waals surface area contributed by atoms with Crippen molar-refractivity contribution < 1.29 is 13.2 Å². The van der Waals surface area contributed by atoms with Crippen LogP contribution in [0.4, 0.5) is 5.69 Å². The molecule has 0 aliphatic heterocycles. The summed E-state index contributed by atoms with van der Waals surface area (Å²) in [6.45, 7) is 8.23. The van der Waals surface area contributed by atoms with Crippen LogP contribution < -0.4 is 9.46 Å². The summed E-state index contributed by atoms with van der Waals surface area (Å²) in [7, 11) is -1.78. The molecule has 1 aromatic rings. The van der Waals surface area contributed by atoms with Gasteiger partial charge >= 0.3 is 0 Å². The predicted octanol–water partition coefficient (Wildman–Crippen LogP) is 3.53. The first kappa shape index (κ1) is 16.8. The molecular weight excluding hydrogens is 274 g/mol. The van der Waals surface area contributed by atoms with E-state index in [1.807, 2.05) is 19.1 Å². The van der Waals surface area contributed by atoms with Crippen LogP contribution >= 0.6 is 0 Å². The van der Waals surface area contributed by atoms with E-state index in [0.717, 1.165) is 12.0 Å². The van der Waals surface area contributed by atoms with Crippen LogP contribution in [-0.2, 0) is 15.4 Å². The third-order valence-electron chi connectivity index (χ3n) is 3.10. The van der Waals surface area contributed by atoms with Gasteiger partial charge in [-0.05, 0) is 29.5 Å². The van der Waals surface area contributed by atoms with Gasteiger partial charge in [0.15, 0.2) is 0 Å². The molecule has 0 heterocycles. The van der Waals surface area contributed by atoms with Crippen LogP contribution in [0.3, 0.4) is 0 Å². The second kappa shape index (κ2) is 6.48.